The van der Waals surface area contributed by atoms with Crippen LogP contribution < -0.4 is 9.47 Å². The molecule has 25 heavy (non-hydrogen) atoms. The minimum atomic E-state index is -3.08. The van der Waals surface area contributed by atoms with Crippen molar-refractivity contribution < 1.29 is 32.2 Å². The van der Waals surface area contributed by atoms with Crippen molar-refractivity contribution in [3.8, 4) is 11.5 Å². The second kappa shape index (κ2) is 8.19. The molecule has 0 aliphatic carbocycles. The van der Waals surface area contributed by atoms with Gasteiger partial charge in [-0.15, -0.1) is 0 Å². The lowest BCUT2D eigenvalue weighted by molar-refractivity contribution is -0.153. The summed E-state index contributed by atoms with van der Waals surface area (Å²) >= 11 is 0. The van der Waals surface area contributed by atoms with Crippen LogP contribution in [0.3, 0.4) is 0 Å². The number of carbonyl (C=O) groups is 2. The van der Waals surface area contributed by atoms with E-state index >= 15 is 0 Å². The number of hydrogen-bond donors (Lipinski definition) is 0. The fourth-order valence-electron chi connectivity index (χ4n) is 2.38. The van der Waals surface area contributed by atoms with Gasteiger partial charge >= 0.3 is 5.97 Å². The van der Waals surface area contributed by atoms with Crippen LogP contribution in [0.15, 0.2) is 24.3 Å². The van der Waals surface area contributed by atoms with E-state index in [2.05, 4.69) is 0 Å². The van der Waals surface area contributed by atoms with E-state index < -0.39 is 28.3 Å². The van der Waals surface area contributed by atoms with Gasteiger partial charge < -0.3 is 19.1 Å². The second-order valence-electron chi connectivity index (χ2n) is 5.69. The van der Waals surface area contributed by atoms with Gasteiger partial charge in [0.25, 0.3) is 5.91 Å². The SMILES string of the molecule is COc1ccc(OCC(=O)OCC(=O)N(C)[C@@H]2CCS(=O)(=O)C2)cc1. The summed E-state index contributed by atoms with van der Waals surface area (Å²) in [5.41, 5.74) is 0. The molecule has 138 valence electrons. The number of carbonyl (C=O) groups excluding carboxylic acids is 2. The molecule has 0 radical (unpaired) electrons. The van der Waals surface area contributed by atoms with E-state index in [1.165, 1.54) is 11.9 Å². The summed E-state index contributed by atoms with van der Waals surface area (Å²) in [6.07, 6.45) is 0.402. The van der Waals surface area contributed by atoms with Crippen LogP contribution in [0.2, 0.25) is 0 Å². The predicted octanol–water partition coefficient (Wildman–Crippen LogP) is 0.263. The molecule has 1 saturated heterocycles. The summed E-state index contributed by atoms with van der Waals surface area (Å²) in [4.78, 5) is 25.0. The van der Waals surface area contributed by atoms with Crippen LogP contribution >= 0.6 is 0 Å². The quantitative estimate of drug-likeness (QED) is 0.634. The number of esters is 1. The molecule has 9 heteroatoms. The fourth-order valence-corrected chi connectivity index (χ4v) is 4.16. The van der Waals surface area contributed by atoms with Crippen molar-refractivity contribution in [1.29, 1.82) is 0 Å². The molecular formula is C16H21NO7S. The third-order valence-electron chi connectivity index (χ3n) is 3.92. The van der Waals surface area contributed by atoms with Gasteiger partial charge in [-0.3, -0.25) is 4.79 Å². The Morgan fingerprint density at radius 3 is 2.36 bits per heavy atom. The fraction of sp³-hybridized carbons (Fsp3) is 0.500. The maximum absolute atomic E-state index is 12.0. The molecule has 1 aromatic rings. The molecule has 1 atom stereocenters. The zero-order valence-electron chi connectivity index (χ0n) is 14.1. The van der Waals surface area contributed by atoms with Gasteiger partial charge in [0.1, 0.15) is 11.5 Å². The summed E-state index contributed by atoms with van der Waals surface area (Å²) in [7, 11) is -0.0268. The lowest BCUT2D eigenvalue weighted by Gasteiger charge is -2.23. The number of methoxy groups -OCH3 is 1. The largest absolute Gasteiger partial charge is 0.497 e. The topological polar surface area (TPSA) is 99.2 Å². The first kappa shape index (κ1) is 19.0. The molecule has 0 unspecified atom stereocenters. The van der Waals surface area contributed by atoms with E-state index in [4.69, 9.17) is 14.2 Å². The van der Waals surface area contributed by atoms with Gasteiger partial charge in [-0.25, -0.2) is 13.2 Å². The molecule has 1 fully saturated rings. The third kappa shape index (κ3) is 5.63. The lowest BCUT2D eigenvalue weighted by Crippen LogP contribution is -2.40. The first-order valence-corrected chi connectivity index (χ1v) is 9.51. The van der Waals surface area contributed by atoms with Gasteiger partial charge in [-0.2, -0.15) is 0 Å². The molecule has 1 heterocycles. The first-order chi connectivity index (χ1) is 11.8. The average Bonchev–Trinajstić information content (AvgIpc) is 2.97. The Hall–Kier alpha value is -2.29. The molecular weight excluding hydrogens is 350 g/mol. The van der Waals surface area contributed by atoms with Crippen LogP contribution in [0.25, 0.3) is 0 Å². The Morgan fingerprint density at radius 2 is 1.80 bits per heavy atom. The van der Waals surface area contributed by atoms with Gasteiger partial charge in [-0.05, 0) is 30.7 Å². The zero-order chi connectivity index (χ0) is 18.4. The Morgan fingerprint density at radius 1 is 1.16 bits per heavy atom. The smallest absolute Gasteiger partial charge is 0.344 e. The highest BCUT2D eigenvalue weighted by Crippen LogP contribution is 2.17. The van der Waals surface area contributed by atoms with Crippen molar-refractivity contribution in [2.24, 2.45) is 0 Å². The minimum Gasteiger partial charge on any atom is -0.497 e. The Balaban J connectivity index is 1.72. The number of amides is 1. The van der Waals surface area contributed by atoms with Crippen molar-refractivity contribution in [3.05, 3.63) is 24.3 Å². The van der Waals surface area contributed by atoms with Crippen molar-refractivity contribution in [3.63, 3.8) is 0 Å². The maximum Gasteiger partial charge on any atom is 0.344 e. The summed E-state index contributed by atoms with van der Waals surface area (Å²) in [5.74, 6) is 0.0282. The molecule has 1 aliphatic heterocycles. The van der Waals surface area contributed by atoms with Crippen molar-refractivity contribution in [1.82, 2.24) is 4.90 Å². The van der Waals surface area contributed by atoms with Crippen LogP contribution in [0, 0.1) is 0 Å². The van der Waals surface area contributed by atoms with Crippen LogP contribution in [-0.4, -0.2) is 70.1 Å². The van der Waals surface area contributed by atoms with Gasteiger partial charge in [0.2, 0.25) is 0 Å². The monoisotopic (exact) mass is 371 g/mol. The number of ether oxygens (including phenoxy) is 3. The number of nitrogens with zero attached hydrogens (tertiary/aromatic N) is 1. The molecule has 1 aliphatic rings. The number of sulfone groups is 1. The van der Waals surface area contributed by atoms with E-state index in [1.54, 1.807) is 31.4 Å². The number of benzene rings is 1. The molecule has 1 aromatic carbocycles. The minimum absolute atomic E-state index is 0.0518. The maximum atomic E-state index is 12.0. The van der Waals surface area contributed by atoms with E-state index in [9.17, 15) is 18.0 Å². The standard InChI is InChI=1S/C16H21NO7S/c1-17(12-7-8-25(20,21)11-12)15(18)9-24-16(19)10-23-14-5-3-13(22-2)4-6-14/h3-6,12H,7-11H2,1-2H3/t12-/m1/s1. The molecule has 0 saturated carbocycles. The Kier molecular flexibility index (Phi) is 6.24. The third-order valence-corrected chi connectivity index (χ3v) is 5.67. The summed E-state index contributed by atoms with van der Waals surface area (Å²) in [6, 6.07) is 6.30. The average molecular weight is 371 g/mol. The summed E-state index contributed by atoms with van der Waals surface area (Å²) < 4.78 is 38.0. The van der Waals surface area contributed by atoms with E-state index in [-0.39, 0.29) is 24.2 Å². The second-order valence-corrected chi connectivity index (χ2v) is 7.92. The molecule has 2 rings (SSSR count). The highest BCUT2D eigenvalue weighted by atomic mass is 32.2. The lowest BCUT2D eigenvalue weighted by atomic mass is 10.2. The predicted molar refractivity (Wildman–Crippen MR) is 89.3 cm³/mol. The van der Waals surface area contributed by atoms with Crippen molar-refractivity contribution in [2.45, 2.75) is 12.5 Å². The van der Waals surface area contributed by atoms with Gasteiger partial charge in [0, 0.05) is 13.1 Å². The van der Waals surface area contributed by atoms with Gasteiger partial charge in [0.05, 0.1) is 18.6 Å². The highest BCUT2D eigenvalue weighted by molar-refractivity contribution is 7.91. The zero-order valence-corrected chi connectivity index (χ0v) is 15.0. The van der Waals surface area contributed by atoms with Crippen molar-refractivity contribution in [2.75, 3.05) is 38.9 Å². The molecule has 0 spiro atoms. The first-order valence-electron chi connectivity index (χ1n) is 7.69. The van der Waals surface area contributed by atoms with Crippen LogP contribution in [0.4, 0.5) is 0 Å². The number of rotatable bonds is 7. The van der Waals surface area contributed by atoms with Gasteiger partial charge in [0.15, 0.2) is 23.1 Å². The highest BCUT2D eigenvalue weighted by Gasteiger charge is 2.32. The Bertz CT molecular complexity index is 715. The van der Waals surface area contributed by atoms with Gasteiger partial charge in [-0.1, -0.05) is 0 Å². The van der Waals surface area contributed by atoms with E-state index in [1.807, 2.05) is 0 Å². The molecule has 0 aromatic heterocycles. The molecule has 0 bridgehead atoms. The number of likely N-dealkylation sites (N-methyl/N-ethyl adjacent to an activating group) is 1. The Labute approximate surface area is 146 Å². The van der Waals surface area contributed by atoms with E-state index in [0.29, 0.717) is 17.9 Å². The van der Waals surface area contributed by atoms with Crippen LogP contribution in [-0.2, 0) is 24.2 Å². The number of hydrogen-bond acceptors (Lipinski definition) is 7. The summed E-state index contributed by atoms with van der Waals surface area (Å²) in [5, 5.41) is 0. The molecule has 8 nitrogen and oxygen atoms in total. The normalized spacial score (nSPS) is 18.4. The van der Waals surface area contributed by atoms with E-state index in [0.717, 1.165) is 0 Å². The van der Waals surface area contributed by atoms with Crippen LogP contribution in [0.5, 0.6) is 11.5 Å². The summed E-state index contributed by atoms with van der Waals surface area (Å²) in [6.45, 7) is -0.779. The molecule has 1 amide bonds. The van der Waals surface area contributed by atoms with Crippen molar-refractivity contribution >= 4 is 21.7 Å². The molecule has 0 N–H and O–H groups in total. The van der Waals surface area contributed by atoms with Crippen LogP contribution in [0.1, 0.15) is 6.42 Å².